The fourth-order valence-corrected chi connectivity index (χ4v) is 12.8. The third-order valence-corrected chi connectivity index (χ3v) is 16.7. The summed E-state index contributed by atoms with van der Waals surface area (Å²) >= 11 is 12.3. The zero-order valence-corrected chi connectivity index (χ0v) is 45.4. The highest BCUT2D eigenvalue weighted by atomic mass is 35.5. The van der Waals surface area contributed by atoms with E-state index in [9.17, 15) is 48.6 Å². The molecule has 2 aromatic carbocycles. The van der Waals surface area contributed by atoms with Gasteiger partial charge in [0.25, 0.3) is 0 Å². The molecule has 6 fully saturated rings. The summed E-state index contributed by atoms with van der Waals surface area (Å²) < 4.78 is 0. The van der Waals surface area contributed by atoms with Crippen molar-refractivity contribution in [1.29, 1.82) is 0 Å². The maximum absolute atomic E-state index is 13.9. The van der Waals surface area contributed by atoms with Crippen LogP contribution >= 0.6 is 23.2 Å². The van der Waals surface area contributed by atoms with Gasteiger partial charge < -0.3 is 40.4 Å². The van der Waals surface area contributed by atoms with E-state index in [0.29, 0.717) is 59.2 Å². The highest BCUT2D eigenvalue weighted by Gasteiger charge is 2.57. The third kappa shape index (κ3) is 14.2. The van der Waals surface area contributed by atoms with E-state index < -0.39 is 69.6 Å². The lowest BCUT2D eigenvalue weighted by atomic mass is 9.84. The van der Waals surface area contributed by atoms with Gasteiger partial charge in [0.15, 0.2) is 0 Å². The standard InChI is InChI=1S/2C28H38ClN3O5.CH4/c2*1-27(2,3)24(30-22(33)12-18-8-5-4-6-9-18)25(35)32-17-28(14-21(32)26(36)37)15-23(34)31(16-28)20-11-7-10-19(29)13-20;/h2*7,10-11,13,18,21,24H,4-6,8-9,12,14-17H2,1-3H3,(H,30,33)(H,36,37);1H4/t21-,24+,28+;21-,24+,28-;/m00./s1. The number of benzene rings is 2. The summed E-state index contributed by atoms with van der Waals surface area (Å²) in [6.07, 6.45) is 12.4. The van der Waals surface area contributed by atoms with E-state index in [2.05, 4.69) is 10.6 Å². The van der Waals surface area contributed by atoms with Gasteiger partial charge in [0.05, 0.1) is 0 Å². The van der Waals surface area contributed by atoms with Crippen molar-refractivity contribution in [3.63, 3.8) is 0 Å². The summed E-state index contributed by atoms with van der Waals surface area (Å²) in [5.74, 6) is -2.90. The molecule has 6 amide bonds. The van der Waals surface area contributed by atoms with Gasteiger partial charge in [0.2, 0.25) is 35.4 Å². The van der Waals surface area contributed by atoms with Crippen LogP contribution in [-0.2, 0) is 38.4 Å². The van der Waals surface area contributed by atoms with Gasteiger partial charge in [-0.2, -0.15) is 0 Å². The molecule has 4 saturated heterocycles. The van der Waals surface area contributed by atoms with E-state index in [1.165, 1.54) is 22.6 Å². The van der Waals surface area contributed by atoms with Gasteiger partial charge in [0, 0.05) is 84.1 Å². The van der Waals surface area contributed by atoms with Crippen molar-refractivity contribution in [3.8, 4) is 0 Å². The Bertz CT molecular complexity index is 2300. The van der Waals surface area contributed by atoms with Crippen molar-refractivity contribution in [3.05, 3.63) is 58.6 Å². The molecule has 0 aromatic heterocycles. The van der Waals surface area contributed by atoms with Crippen LogP contribution in [0.3, 0.4) is 0 Å². The second-order valence-electron chi connectivity index (χ2n) is 24.5. The first-order valence-electron chi connectivity index (χ1n) is 26.5. The van der Waals surface area contributed by atoms with Crippen molar-refractivity contribution in [2.45, 2.75) is 176 Å². The van der Waals surface area contributed by atoms with Crippen molar-refractivity contribution in [2.75, 3.05) is 36.0 Å². The Morgan fingerprint density at radius 2 is 0.933 bits per heavy atom. The molecule has 0 radical (unpaired) electrons. The first kappa shape index (κ1) is 59.0. The van der Waals surface area contributed by atoms with Gasteiger partial charge in [0.1, 0.15) is 24.2 Å². The van der Waals surface area contributed by atoms with Crippen LogP contribution in [0.5, 0.6) is 0 Å². The fraction of sp³-hybridized carbons (Fsp3) is 0.649. The number of nitrogens with one attached hydrogen (secondary N) is 2. The van der Waals surface area contributed by atoms with Crippen molar-refractivity contribution >= 4 is 82.0 Å². The zero-order chi connectivity index (χ0) is 53.9. The SMILES string of the molecule is C.CC(C)(C)[C@H](NC(=O)CC1CCCCC1)C(=O)N1C[C@@]2(CC(=O)N(c3cccc(Cl)c3)C2)C[C@H]1C(=O)O.CC(C)(C)[C@H](NC(=O)CC1CCCCC1)C(=O)N1C[C@]2(CC(=O)N(c3cccc(Cl)c3)C2)C[C@H]1C(=O)O. The van der Waals surface area contributed by atoms with Gasteiger partial charge in [-0.15, -0.1) is 0 Å². The molecule has 0 bridgehead atoms. The largest absolute Gasteiger partial charge is 0.480 e. The number of likely N-dealkylation sites (tertiary alicyclic amines) is 2. The number of rotatable bonds is 12. The minimum Gasteiger partial charge on any atom is -0.480 e. The molecule has 2 aromatic rings. The van der Waals surface area contributed by atoms with E-state index in [0.717, 1.165) is 51.4 Å². The molecule has 2 saturated carbocycles. The molecule has 6 atom stereocenters. The van der Waals surface area contributed by atoms with Gasteiger partial charge >= 0.3 is 11.9 Å². The highest BCUT2D eigenvalue weighted by Crippen LogP contribution is 2.47. The van der Waals surface area contributed by atoms with Gasteiger partial charge in [-0.05, 0) is 97.6 Å². The molecular weight excluding hydrogens is 1000 g/mol. The van der Waals surface area contributed by atoms with Crippen LogP contribution in [-0.4, -0.2) is 118 Å². The molecule has 16 nitrogen and oxygen atoms in total. The Morgan fingerprint density at radius 1 is 0.587 bits per heavy atom. The number of nitrogens with zero attached hydrogens (tertiary/aromatic N) is 4. The molecule has 4 aliphatic heterocycles. The molecule has 412 valence electrons. The summed E-state index contributed by atoms with van der Waals surface area (Å²) in [6, 6.07) is 10.2. The predicted molar refractivity (Wildman–Crippen MR) is 289 cm³/mol. The van der Waals surface area contributed by atoms with Crippen LogP contribution in [0.2, 0.25) is 10.0 Å². The van der Waals surface area contributed by atoms with E-state index in [1.54, 1.807) is 58.3 Å². The minimum absolute atomic E-state index is 0. The number of anilines is 2. The third-order valence-electron chi connectivity index (χ3n) is 16.3. The topological polar surface area (TPSA) is 214 Å². The second kappa shape index (κ2) is 24.0. The number of hydrogen-bond donors (Lipinski definition) is 4. The Balaban J connectivity index is 0.000000241. The average molecular weight is 1080 g/mol. The monoisotopic (exact) mass is 1080 g/mol. The Labute approximate surface area is 453 Å². The predicted octanol–water partition coefficient (Wildman–Crippen LogP) is 9.14. The molecule has 75 heavy (non-hydrogen) atoms. The molecule has 6 aliphatic rings. The van der Waals surface area contributed by atoms with Crippen molar-refractivity contribution in [1.82, 2.24) is 20.4 Å². The van der Waals surface area contributed by atoms with E-state index in [1.807, 2.05) is 41.5 Å². The Morgan fingerprint density at radius 3 is 1.24 bits per heavy atom. The maximum atomic E-state index is 13.9. The Hall–Kier alpha value is -5.22. The first-order valence-corrected chi connectivity index (χ1v) is 27.3. The van der Waals surface area contributed by atoms with Crippen molar-refractivity contribution in [2.24, 2.45) is 33.5 Å². The quantitative estimate of drug-likeness (QED) is 0.158. The lowest BCUT2D eigenvalue weighted by Gasteiger charge is -2.35. The lowest BCUT2D eigenvalue weighted by molar-refractivity contribution is -0.150. The van der Waals surface area contributed by atoms with E-state index in [4.69, 9.17) is 23.2 Å². The van der Waals surface area contributed by atoms with Crippen LogP contribution in [0, 0.1) is 33.5 Å². The summed E-state index contributed by atoms with van der Waals surface area (Å²) in [5.41, 5.74) is -1.26. The molecule has 18 heteroatoms. The first-order chi connectivity index (χ1) is 34.8. The smallest absolute Gasteiger partial charge is 0.326 e. The highest BCUT2D eigenvalue weighted by molar-refractivity contribution is 6.31. The van der Waals surface area contributed by atoms with Crippen LogP contribution in [0.4, 0.5) is 11.4 Å². The normalized spacial score (nSPS) is 25.2. The molecule has 8 rings (SSSR count). The molecular formula is C57H80Cl2N6O10. The van der Waals surface area contributed by atoms with Gasteiger partial charge in [-0.1, -0.05) is 123 Å². The molecule has 2 spiro atoms. The van der Waals surface area contributed by atoms with Crippen LogP contribution < -0.4 is 20.4 Å². The Kier molecular flexibility index (Phi) is 18.9. The van der Waals surface area contributed by atoms with Crippen LogP contribution in [0.25, 0.3) is 0 Å². The summed E-state index contributed by atoms with van der Waals surface area (Å²) in [4.78, 5) is 110. The number of aliphatic carboxylic acids is 2. The molecule has 4 heterocycles. The van der Waals surface area contributed by atoms with Crippen LogP contribution in [0.15, 0.2) is 48.5 Å². The summed E-state index contributed by atoms with van der Waals surface area (Å²) in [7, 11) is 0. The van der Waals surface area contributed by atoms with Crippen molar-refractivity contribution < 1.29 is 48.6 Å². The van der Waals surface area contributed by atoms with E-state index >= 15 is 0 Å². The number of carboxylic acids is 2. The zero-order valence-electron chi connectivity index (χ0n) is 43.9. The molecule has 0 unspecified atom stereocenters. The number of amides is 6. The minimum atomic E-state index is -1.10. The number of halogens is 2. The van der Waals surface area contributed by atoms with Gasteiger partial charge in [-0.3, -0.25) is 28.8 Å². The van der Waals surface area contributed by atoms with Gasteiger partial charge in [-0.25, -0.2) is 9.59 Å². The number of hydrogen-bond acceptors (Lipinski definition) is 8. The number of carboxylic acid groups (broad SMARTS) is 2. The summed E-state index contributed by atoms with van der Waals surface area (Å²) in [5, 5.41) is 27.0. The van der Waals surface area contributed by atoms with E-state index in [-0.39, 0.29) is 69.8 Å². The maximum Gasteiger partial charge on any atom is 0.326 e. The molecule has 4 N–H and O–H groups in total. The fourth-order valence-electron chi connectivity index (χ4n) is 12.4. The lowest BCUT2D eigenvalue weighted by Crippen LogP contribution is -2.57. The molecule has 2 aliphatic carbocycles. The average Bonchev–Trinajstić information content (AvgIpc) is 4.08. The second-order valence-corrected chi connectivity index (χ2v) is 25.3. The number of carbonyl (C=O) groups is 8. The summed E-state index contributed by atoms with van der Waals surface area (Å²) in [6.45, 7) is 12.2. The van der Waals surface area contributed by atoms with Crippen LogP contribution in [0.1, 0.15) is 152 Å². The number of carbonyl (C=O) groups excluding carboxylic acids is 6.